The number of halogens is 3. The molecular formula is C12H14F3N3O2S. The number of anilines is 1. The summed E-state index contributed by atoms with van der Waals surface area (Å²) >= 11 is 0. The minimum absolute atomic E-state index is 0.0772. The number of nitriles is 1. The van der Waals surface area contributed by atoms with Gasteiger partial charge in [-0.3, -0.25) is 0 Å². The van der Waals surface area contributed by atoms with Crippen LogP contribution in [0.25, 0.3) is 0 Å². The van der Waals surface area contributed by atoms with E-state index in [4.69, 9.17) is 5.26 Å². The molecule has 116 valence electrons. The summed E-state index contributed by atoms with van der Waals surface area (Å²) < 4.78 is 62.4. The van der Waals surface area contributed by atoms with Crippen molar-refractivity contribution in [1.82, 2.24) is 4.72 Å². The number of nitrogens with one attached hydrogen (secondary N) is 2. The molecule has 0 radical (unpaired) electrons. The fraction of sp³-hybridized carbons (Fsp3) is 0.417. The van der Waals surface area contributed by atoms with Crippen LogP contribution >= 0.6 is 0 Å². The molecular weight excluding hydrogens is 307 g/mol. The number of nitrogens with zero attached hydrogens (tertiary/aromatic N) is 1. The van der Waals surface area contributed by atoms with Crippen LogP contribution in [0.5, 0.6) is 0 Å². The van der Waals surface area contributed by atoms with Crippen LogP contribution in [0.3, 0.4) is 0 Å². The molecule has 2 N–H and O–H groups in total. The van der Waals surface area contributed by atoms with Crippen LogP contribution in [-0.4, -0.2) is 27.8 Å². The highest BCUT2D eigenvalue weighted by atomic mass is 32.2. The van der Waals surface area contributed by atoms with E-state index in [9.17, 15) is 21.6 Å². The normalized spacial score (nSPS) is 12.0. The van der Waals surface area contributed by atoms with E-state index >= 15 is 0 Å². The molecule has 0 aliphatic carbocycles. The van der Waals surface area contributed by atoms with E-state index < -0.39 is 21.8 Å². The summed E-state index contributed by atoms with van der Waals surface area (Å²) in [6.07, 6.45) is -3.24. The molecule has 0 atom stereocenters. The smallest absolute Gasteiger partial charge is 0.385 e. The van der Waals surface area contributed by atoms with E-state index in [-0.39, 0.29) is 24.3 Å². The summed E-state index contributed by atoms with van der Waals surface area (Å²) in [5, 5.41) is 11.2. The lowest BCUT2D eigenvalue weighted by Gasteiger charge is -2.14. The summed E-state index contributed by atoms with van der Waals surface area (Å²) in [6.45, 7) is 0.293. The minimum Gasteiger partial charge on any atom is -0.385 e. The highest BCUT2D eigenvalue weighted by Crippen LogP contribution is 2.35. The first-order valence-corrected chi connectivity index (χ1v) is 7.82. The van der Waals surface area contributed by atoms with E-state index in [1.165, 1.54) is 12.1 Å². The van der Waals surface area contributed by atoms with Gasteiger partial charge in [0, 0.05) is 18.8 Å². The minimum atomic E-state index is -4.57. The molecule has 1 rings (SSSR count). The molecule has 5 nitrogen and oxygen atoms in total. The number of hydrogen-bond donors (Lipinski definition) is 2. The number of alkyl halides is 3. The molecule has 9 heteroatoms. The Hall–Kier alpha value is -1.79. The van der Waals surface area contributed by atoms with Gasteiger partial charge in [-0.25, -0.2) is 13.1 Å². The average Bonchev–Trinajstić information content (AvgIpc) is 2.36. The van der Waals surface area contributed by atoms with Crippen molar-refractivity contribution in [1.29, 1.82) is 5.26 Å². The van der Waals surface area contributed by atoms with Gasteiger partial charge < -0.3 is 5.32 Å². The number of benzene rings is 1. The topological polar surface area (TPSA) is 82.0 Å². The van der Waals surface area contributed by atoms with Crippen LogP contribution in [0.4, 0.5) is 18.9 Å². The molecule has 0 aromatic heterocycles. The van der Waals surface area contributed by atoms with E-state index in [0.717, 1.165) is 12.3 Å². The van der Waals surface area contributed by atoms with Gasteiger partial charge in [-0.2, -0.15) is 18.4 Å². The van der Waals surface area contributed by atoms with Crippen molar-refractivity contribution in [3.8, 4) is 6.07 Å². The highest BCUT2D eigenvalue weighted by molar-refractivity contribution is 7.88. The molecule has 0 fully saturated rings. The zero-order valence-corrected chi connectivity index (χ0v) is 12.0. The average molecular weight is 321 g/mol. The Bertz CT molecular complexity index is 636. The van der Waals surface area contributed by atoms with E-state index in [2.05, 4.69) is 10.0 Å². The van der Waals surface area contributed by atoms with Crippen LogP contribution < -0.4 is 10.0 Å². The third-order valence-corrected chi connectivity index (χ3v) is 3.22. The zero-order chi connectivity index (χ0) is 16.1. The largest absolute Gasteiger partial charge is 0.418 e. The van der Waals surface area contributed by atoms with E-state index in [1.54, 1.807) is 6.07 Å². The molecule has 0 unspecified atom stereocenters. The Balaban J connectivity index is 2.69. The monoisotopic (exact) mass is 321 g/mol. The maximum atomic E-state index is 12.9. The second-order valence-electron chi connectivity index (χ2n) is 4.32. The maximum absolute atomic E-state index is 12.9. The summed E-state index contributed by atoms with van der Waals surface area (Å²) in [5.41, 5.74) is -1.13. The third kappa shape index (κ3) is 6.01. The summed E-state index contributed by atoms with van der Waals surface area (Å²) in [6, 6.07) is 4.90. The molecule has 0 saturated heterocycles. The zero-order valence-electron chi connectivity index (χ0n) is 11.2. The van der Waals surface area contributed by atoms with Crippen molar-refractivity contribution in [3.63, 3.8) is 0 Å². The lowest BCUT2D eigenvalue weighted by molar-refractivity contribution is -0.137. The molecule has 1 aromatic rings. The molecule has 0 aliphatic rings. The number of sulfonamides is 1. The number of rotatable bonds is 6. The Morgan fingerprint density at radius 2 is 1.95 bits per heavy atom. The van der Waals surface area contributed by atoms with Gasteiger partial charge in [0.25, 0.3) is 0 Å². The van der Waals surface area contributed by atoms with Crippen molar-refractivity contribution < 1.29 is 21.6 Å². The van der Waals surface area contributed by atoms with Gasteiger partial charge in [-0.05, 0) is 24.6 Å². The van der Waals surface area contributed by atoms with Crippen LogP contribution in [0.1, 0.15) is 17.5 Å². The van der Waals surface area contributed by atoms with Crippen LogP contribution in [0.2, 0.25) is 0 Å². The second-order valence-corrected chi connectivity index (χ2v) is 6.15. The van der Waals surface area contributed by atoms with Crippen molar-refractivity contribution in [2.24, 2.45) is 0 Å². The molecule has 1 aromatic carbocycles. The molecule has 0 heterocycles. The van der Waals surface area contributed by atoms with Crippen molar-refractivity contribution in [2.45, 2.75) is 12.6 Å². The first-order chi connectivity index (χ1) is 9.63. The van der Waals surface area contributed by atoms with Gasteiger partial charge in [-0.1, -0.05) is 0 Å². The SMILES string of the molecule is CS(=O)(=O)NCCCNc1ccc(C#N)cc1C(F)(F)F. The first kappa shape index (κ1) is 17.3. The summed E-state index contributed by atoms with van der Waals surface area (Å²) in [7, 11) is -3.30. The van der Waals surface area contributed by atoms with Gasteiger partial charge in [0.15, 0.2) is 0 Å². The molecule has 0 saturated carbocycles. The Morgan fingerprint density at radius 3 is 2.48 bits per heavy atom. The predicted octanol–water partition coefficient (Wildman–Crippen LogP) is 1.93. The standard InChI is InChI=1S/C12H14F3N3O2S/c1-21(19,20)18-6-2-5-17-11-4-3-9(8-16)7-10(11)12(13,14)15/h3-4,7,17-18H,2,5-6H2,1H3. The fourth-order valence-electron chi connectivity index (χ4n) is 1.57. The van der Waals surface area contributed by atoms with Gasteiger partial charge >= 0.3 is 6.18 Å². The van der Waals surface area contributed by atoms with E-state index in [0.29, 0.717) is 6.42 Å². The van der Waals surface area contributed by atoms with Crippen LogP contribution in [0, 0.1) is 11.3 Å². The first-order valence-electron chi connectivity index (χ1n) is 5.93. The van der Waals surface area contributed by atoms with Crippen molar-refractivity contribution >= 4 is 15.7 Å². The Kier molecular flexibility index (Phi) is 5.57. The van der Waals surface area contributed by atoms with Crippen LogP contribution in [-0.2, 0) is 16.2 Å². The van der Waals surface area contributed by atoms with Crippen molar-refractivity contribution in [2.75, 3.05) is 24.7 Å². The maximum Gasteiger partial charge on any atom is 0.418 e. The molecule has 0 spiro atoms. The fourth-order valence-corrected chi connectivity index (χ4v) is 2.09. The van der Waals surface area contributed by atoms with Gasteiger partial charge in [0.1, 0.15) is 0 Å². The predicted molar refractivity (Wildman–Crippen MR) is 72.1 cm³/mol. The van der Waals surface area contributed by atoms with Crippen LogP contribution in [0.15, 0.2) is 18.2 Å². The summed E-state index contributed by atoms with van der Waals surface area (Å²) in [5.74, 6) is 0. The summed E-state index contributed by atoms with van der Waals surface area (Å²) in [4.78, 5) is 0. The Morgan fingerprint density at radius 1 is 1.29 bits per heavy atom. The van der Waals surface area contributed by atoms with Gasteiger partial charge in [0.2, 0.25) is 10.0 Å². The van der Waals surface area contributed by atoms with Crippen molar-refractivity contribution in [3.05, 3.63) is 29.3 Å². The Labute approximate surface area is 120 Å². The molecule has 0 amide bonds. The number of hydrogen-bond acceptors (Lipinski definition) is 4. The van der Waals surface area contributed by atoms with E-state index in [1.807, 2.05) is 0 Å². The lowest BCUT2D eigenvalue weighted by atomic mass is 10.1. The molecule has 0 bridgehead atoms. The van der Waals surface area contributed by atoms with Gasteiger partial charge in [0.05, 0.1) is 23.5 Å². The quantitative estimate of drug-likeness (QED) is 0.784. The second kappa shape index (κ2) is 6.78. The molecule has 21 heavy (non-hydrogen) atoms. The van der Waals surface area contributed by atoms with Gasteiger partial charge in [-0.15, -0.1) is 0 Å². The molecule has 0 aliphatic heterocycles. The third-order valence-electron chi connectivity index (χ3n) is 2.49. The highest BCUT2D eigenvalue weighted by Gasteiger charge is 2.33. The lowest BCUT2D eigenvalue weighted by Crippen LogP contribution is -2.24.